The van der Waals surface area contributed by atoms with Crippen molar-refractivity contribution < 1.29 is 0 Å². The SMILES string of the molecule is C=CCN([Si](C)(C)CC=C)[Si](C)(C)CC=C.C=CC[Si](C)(C)N(CCC)[Si](C)(C)CC=C. The van der Waals surface area contributed by atoms with E-state index in [0.717, 1.165) is 18.6 Å². The Morgan fingerprint density at radius 1 is 0.500 bits per heavy atom. The van der Waals surface area contributed by atoms with Crippen LogP contribution in [0.2, 0.25) is 76.6 Å². The van der Waals surface area contributed by atoms with Crippen molar-refractivity contribution in [2.24, 2.45) is 0 Å². The summed E-state index contributed by atoms with van der Waals surface area (Å²) in [6.45, 7) is 43.7. The van der Waals surface area contributed by atoms with E-state index < -0.39 is 32.9 Å². The van der Waals surface area contributed by atoms with E-state index in [1.807, 2.05) is 6.08 Å². The van der Waals surface area contributed by atoms with E-state index in [0.29, 0.717) is 0 Å². The first-order chi connectivity index (χ1) is 14.6. The molecule has 0 aliphatic rings. The molecule has 0 fully saturated rings. The highest BCUT2D eigenvalue weighted by molar-refractivity contribution is 6.91. The Morgan fingerprint density at radius 2 is 0.781 bits per heavy atom. The summed E-state index contributed by atoms with van der Waals surface area (Å²) in [5.74, 6) is 0. The van der Waals surface area contributed by atoms with E-state index in [2.05, 4.69) is 125 Å². The van der Waals surface area contributed by atoms with E-state index in [9.17, 15) is 0 Å². The molecule has 0 saturated carbocycles. The molecule has 0 amide bonds. The zero-order chi connectivity index (χ0) is 25.6. The quantitative estimate of drug-likeness (QED) is 0.152. The van der Waals surface area contributed by atoms with Gasteiger partial charge in [0.15, 0.2) is 0 Å². The summed E-state index contributed by atoms with van der Waals surface area (Å²) in [6.07, 6.45) is 11.6. The molecule has 2 nitrogen and oxygen atoms in total. The molecule has 0 aliphatic heterocycles. The molecule has 6 heteroatoms. The second kappa shape index (κ2) is 15.4. The maximum absolute atomic E-state index is 3.92. The largest absolute Gasteiger partial charge is 0.345 e. The summed E-state index contributed by atoms with van der Waals surface area (Å²) in [5, 5.41) is 0. The summed E-state index contributed by atoms with van der Waals surface area (Å²) < 4.78 is 5.61. The molecule has 0 aromatic rings. The van der Waals surface area contributed by atoms with Crippen LogP contribution in [0.5, 0.6) is 0 Å². The van der Waals surface area contributed by atoms with Gasteiger partial charge in [0.05, 0.1) is 0 Å². The molecule has 0 saturated heterocycles. The first kappa shape index (κ1) is 33.7. The van der Waals surface area contributed by atoms with Crippen molar-refractivity contribution in [2.75, 3.05) is 13.1 Å². The lowest BCUT2D eigenvalue weighted by molar-refractivity contribution is 0.594. The maximum Gasteiger partial charge on any atom is 0.119 e. The normalized spacial score (nSPS) is 12.7. The lowest BCUT2D eigenvalue weighted by atomic mass is 10.5. The lowest BCUT2D eigenvalue weighted by Gasteiger charge is -2.46. The average Bonchev–Trinajstić information content (AvgIpc) is 2.64. The lowest BCUT2D eigenvalue weighted by Crippen LogP contribution is -2.61. The van der Waals surface area contributed by atoms with Crippen LogP contribution in [0.4, 0.5) is 0 Å². The van der Waals surface area contributed by atoms with Crippen LogP contribution in [0.25, 0.3) is 0 Å². The highest BCUT2D eigenvalue weighted by Crippen LogP contribution is 2.27. The van der Waals surface area contributed by atoms with E-state index in [1.54, 1.807) is 0 Å². The molecule has 32 heavy (non-hydrogen) atoms. The predicted octanol–water partition coefficient (Wildman–Crippen LogP) is 8.74. The fraction of sp³-hybridized carbons (Fsp3) is 0.615. The molecule has 0 aromatic carbocycles. The Balaban J connectivity index is 0. The second-order valence-corrected chi connectivity index (χ2v) is 30.5. The molecule has 0 N–H and O–H groups in total. The molecule has 0 aliphatic carbocycles. The van der Waals surface area contributed by atoms with Gasteiger partial charge in [-0.1, -0.05) is 89.7 Å². The van der Waals surface area contributed by atoms with Crippen LogP contribution < -0.4 is 0 Å². The van der Waals surface area contributed by atoms with Crippen LogP contribution >= 0.6 is 0 Å². The molecule has 0 heterocycles. The highest BCUT2D eigenvalue weighted by Gasteiger charge is 2.39. The molecule has 0 unspecified atom stereocenters. The van der Waals surface area contributed by atoms with Crippen LogP contribution in [0.3, 0.4) is 0 Å². The Kier molecular flexibility index (Phi) is 16.2. The Bertz CT molecular complexity index is 551. The molecule has 0 bridgehead atoms. The van der Waals surface area contributed by atoms with Crippen molar-refractivity contribution >= 4 is 32.9 Å². The topological polar surface area (TPSA) is 6.48 Å². The highest BCUT2D eigenvalue weighted by atomic mass is 28.4. The van der Waals surface area contributed by atoms with E-state index >= 15 is 0 Å². The van der Waals surface area contributed by atoms with Crippen molar-refractivity contribution in [3.63, 3.8) is 0 Å². The predicted molar refractivity (Wildman–Crippen MR) is 164 cm³/mol. The molecule has 0 aromatic heterocycles. The first-order valence-corrected chi connectivity index (χ1v) is 24.8. The number of rotatable bonds is 16. The second-order valence-electron chi connectivity index (χ2n) is 11.3. The molecule has 0 radical (unpaired) electrons. The van der Waals surface area contributed by atoms with E-state index in [-0.39, 0.29) is 0 Å². The van der Waals surface area contributed by atoms with Gasteiger partial charge in [-0.3, -0.25) is 0 Å². The van der Waals surface area contributed by atoms with Crippen LogP contribution in [0.15, 0.2) is 63.3 Å². The van der Waals surface area contributed by atoms with Crippen LogP contribution in [-0.2, 0) is 0 Å². The number of hydrogen-bond donors (Lipinski definition) is 0. The average molecular weight is 509 g/mol. The third kappa shape index (κ3) is 11.6. The van der Waals surface area contributed by atoms with Gasteiger partial charge in [0.1, 0.15) is 32.9 Å². The Morgan fingerprint density at radius 3 is 1.00 bits per heavy atom. The summed E-state index contributed by atoms with van der Waals surface area (Å²) in [4.78, 5) is 0. The summed E-state index contributed by atoms with van der Waals surface area (Å²) in [6, 6.07) is 4.68. The zero-order valence-corrected chi connectivity index (χ0v) is 27.3. The fourth-order valence-corrected chi connectivity index (χ4v) is 25.8. The van der Waals surface area contributed by atoms with Crippen LogP contribution in [-0.4, -0.2) is 54.5 Å². The monoisotopic (exact) mass is 508 g/mol. The Hall–Kier alpha value is -0.512. The van der Waals surface area contributed by atoms with Gasteiger partial charge in [-0.15, -0.1) is 32.9 Å². The van der Waals surface area contributed by atoms with Gasteiger partial charge in [0.25, 0.3) is 0 Å². The van der Waals surface area contributed by atoms with Crippen LogP contribution in [0.1, 0.15) is 13.3 Å². The number of hydrogen-bond acceptors (Lipinski definition) is 2. The number of allylic oxidation sites excluding steroid dienone is 4. The van der Waals surface area contributed by atoms with Gasteiger partial charge in [-0.25, -0.2) is 0 Å². The zero-order valence-electron chi connectivity index (χ0n) is 23.3. The standard InChI is InChI=1S/C13H29NSi2.C13H27NSi2/c2*1-8-11-14(15(4,5)12-9-2)16(6,7)13-10-3/h9-10H,2-3,8,11-13H2,1,4-7H3;8-10H,1-3,11-13H2,4-7H3. The van der Waals surface area contributed by atoms with Crippen molar-refractivity contribution in [2.45, 2.75) is 89.9 Å². The smallest absolute Gasteiger partial charge is 0.119 e. The molecule has 0 spiro atoms. The molecular weight excluding hydrogens is 453 g/mol. The third-order valence-electron chi connectivity index (χ3n) is 6.26. The van der Waals surface area contributed by atoms with Gasteiger partial charge >= 0.3 is 0 Å². The molecule has 186 valence electrons. The van der Waals surface area contributed by atoms with E-state index in [4.69, 9.17) is 0 Å². The minimum absolute atomic E-state index is 1.01. The fourth-order valence-electron chi connectivity index (χ4n) is 4.94. The number of nitrogens with zero attached hydrogens (tertiary/aromatic N) is 2. The van der Waals surface area contributed by atoms with Crippen molar-refractivity contribution in [1.29, 1.82) is 0 Å². The van der Waals surface area contributed by atoms with Crippen molar-refractivity contribution in [3.8, 4) is 0 Å². The summed E-state index contributed by atoms with van der Waals surface area (Å²) >= 11 is 0. The summed E-state index contributed by atoms with van der Waals surface area (Å²) in [5.41, 5.74) is 0. The van der Waals surface area contributed by atoms with Crippen molar-refractivity contribution in [1.82, 2.24) is 8.46 Å². The van der Waals surface area contributed by atoms with Gasteiger partial charge in [0.2, 0.25) is 0 Å². The first-order valence-electron chi connectivity index (χ1n) is 12.2. The van der Waals surface area contributed by atoms with Gasteiger partial charge in [0, 0.05) is 6.54 Å². The summed E-state index contributed by atoms with van der Waals surface area (Å²) in [7, 11) is -5.33. The van der Waals surface area contributed by atoms with Gasteiger partial charge in [-0.05, 0) is 37.1 Å². The van der Waals surface area contributed by atoms with Gasteiger partial charge in [-0.2, -0.15) is 0 Å². The third-order valence-corrected chi connectivity index (χ3v) is 25.3. The van der Waals surface area contributed by atoms with Gasteiger partial charge < -0.3 is 8.46 Å². The molecule has 0 rings (SSSR count). The maximum atomic E-state index is 3.92. The molecule has 0 atom stereocenters. The Labute approximate surface area is 207 Å². The van der Waals surface area contributed by atoms with Crippen molar-refractivity contribution in [3.05, 3.63) is 63.3 Å². The minimum atomic E-state index is -1.37. The van der Waals surface area contributed by atoms with Crippen LogP contribution in [0, 0.1) is 0 Å². The molecular formula is C26H56N2Si4. The minimum Gasteiger partial charge on any atom is -0.345 e. The van der Waals surface area contributed by atoms with E-state index in [1.165, 1.54) is 25.1 Å².